The highest BCUT2D eigenvalue weighted by Gasteiger charge is 1.97. The van der Waals surface area contributed by atoms with E-state index in [2.05, 4.69) is 6.92 Å². The van der Waals surface area contributed by atoms with Crippen molar-refractivity contribution in [3.63, 3.8) is 0 Å². The van der Waals surface area contributed by atoms with Gasteiger partial charge in [0.1, 0.15) is 6.17 Å². The van der Waals surface area contributed by atoms with Gasteiger partial charge in [0.15, 0.2) is 0 Å². The Hall–Kier alpha value is -0.630. The van der Waals surface area contributed by atoms with Crippen LogP contribution in [0.4, 0.5) is 4.39 Å². The van der Waals surface area contributed by atoms with Crippen molar-refractivity contribution in [3.8, 4) is 0 Å². The number of alkyl halides is 1. The van der Waals surface area contributed by atoms with E-state index in [-0.39, 0.29) is 0 Å². The molecule has 0 radical (unpaired) electrons. The number of hydrogen-bond donors (Lipinski definition) is 1. The first-order valence-corrected chi connectivity index (χ1v) is 4.48. The molecule has 70 valence electrons. The van der Waals surface area contributed by atoms with E-state index in [0.29, 0.717) is 6.42 Å². The van der Waals surface area contributed by atoms with Crippen LogP contribution in [-0.4, -0.2) is 12.7 Å². The molecule has 0 aromatic rings. The fourth-order valence-electron chi connectivity index (χ4n) is 0.755. The van der Waals surface area contributed by atoms with Gasteiger partial charge in [0, 0.05) is 6.42 Å². The van der Waals surface area contributed by atoms with Crippen molar-refractivity contribution < 1.29 is 4.39 Å². The van der Waals surface area contributed by atoms with Crippen molar-refractivity contribution in [3.05, 3.63) is 24.3 Å². The molecular formula is C10H18FN. The van der Waals surface area contributed by atoms with Crippen LogP contribution < -0.4 is 5.73 Å². The molecule has 0 saturated carbocycles. The molecule has 0 aromatic heterocycles. The minimum Gasteiger partial charge on any atom is -0.330 e. The zero-order chi connectivity index (χ0) is 9.23. The highest BCUT2D eigenvalue weighted by molar-refractivity contribution is 5.11. The molecule has 0 amide bonds. The van der Waals surface area contributed by atoms with Gasteiger partial charge in [-0.15, -0.1) is 0 Å². The van der Waals surface area contributed by atoms with Crippen LogP contribution >= 0.6 is 0 Å². The van der Waals surface area contributed by atoms with Crippen LogP contribution in [0.2, 0.25) is 0 Å². The van der Waals surface area contributed by atoms with Crippen LogP contribution in [0, 0.1) is 0 Å². The molecule has 0 fully saturated rings. The summed E-state index contributed by atoms with van der Waals surface area (Å²) in [5.74, 6) is 0. The summed E-state index contributed by atoms with van der Waals surface area (Å²) < 4.78 is 12.0. The van der Waals surface area contributed by atoms with Crippen molar-refractivity contribution in [2.75, 3.05) is 6.54 Å². The molecule has 0 aromatic carbocycles. The summed E-state index contributed by atoms with van der Waals surface area (Å²) >= 11 is 0. The third-order valence-electron chi connectivity index (χ3n) is 1.49. The lowest BCUT2D eigenvalue weighted by atomic mass is 10.2. The first kappa shape index (κ1) is 11.4. The molecule has 0 aliphatic heterocycles. The molecule has 1 rings (SSSR count). The lowest BCUT2D eigenvalue weighted by Gasteiger charge is -1.98. The maximum Gasteiger partial charge on any atom is 0.122 e. The number of nitrogens with two attached hydrogens (primary N) is 1. The summed E-state index contributed by atoms with van der Waals surface area (Å²) in [6.07, 6.45) is 9.17. The smallest absolute Gasteiger partial charge is 0.122 e. The molecule has 12 heavy (non-hydrogen) atoms. The Morgan fingerprint density at radius 2 is 2.25 bits per heavy atom. The fourth-order valence-corrected chi connectivity index (χ4v) is 0.755. The van der Waals surface area contributed by atoms with Gasteiger partial charge in [-0.2, -0.15) is 0 Å². The first-order chi connectivity index (χ1) is 5.81. The molecule has 2 N–H and O–H groups in total. The summed E-state index contributed by atoms with van der Waals surface area (Å²) in [5.41, 5.74) is 5.14. The van der Waals surface area contributed by atoms with E-state index in [1.165, 1.54) is 12.8 Å². The summed E-state index contributed by atoms with van der Waals surface area (Å²) in [7, 11) is 0. The van der Waals surface area contributed by atoms with E-state index >= 15 is 0 Å². The van der Waals surface area contributed by atoms with Gasteiger partial charge in [0.05, 0.1) is 0 Å². The van der Waals surface area contributed by atoms with Gasteiger partial charge in [-0.1, -0.05) is 37.6 Å². The Balaban J connectivity index is 0.000000217. The summed E-state index contributed by atoms with van der Waals surface area (Å²) in [4.78, 5) is 0. The van der Waals surface area contributed by atoms with E-state index in [1.807, 2.05) is 12.2 Å². The summed E-state index contributed by atoms with van der Waals surface area (Å²) in [5, 5.41) is 0. The monoisotopic (exact) mass is 171 g/mol. The summed E-state index contributed by atoms with van der Waals surface area (Å²) in [6.45, 7) is 2.98. The normalized spacial score (nSPS) is 20.1. The van der Waals surface area contributed by atoms with Crippen LogP contribution in [-0.2, 0) is 0 Å². The molecule has 0 spiro atoms. The largest absolute Gasteiger partial charge is 0.330 e. The van der Waals surface area contributed by atoms with Crippen LogP contribution in [0.15, 0.2) is 24.3 Å². The second kappa shape index (κ2) is 8.47. The molecule has 1 nitrogen and oxygen atoms in total. The average Bonchev–Trinajstić information content (AvgIpc) is 2.08. The maximum atomic E-state index is 12.0. The van der Waals surface area contributed by atoms with E-state index in [4.69, 9.17) is 5.73 Å². The zero-order valence-electron chi connectivity index (χ0n) is 7.67. The number of rotatable bonds is 2. The van der Waals surface area contributed by atoms with Gasteiger partial charge in [0.2, 0.25) is 0 Å². The van der Waals surface area contributed by atoms with Gasteiger partial charge in [0.25, 0.3) is 0 Å². The second-order valence-corrected chi connectivity index (χ2v) is 2.71. The Kier molecular flexibility index (Phi) is 8.02. The molecule has 1 aliphatic carbocycles. The molecule has 0 heterocycles. The molecule has 2 heteroatoms. The average molecular weight is 171 g/mol. The van der Waals surface area contributed by atoms with Gasteiger partial charge in [-0.05, 0) is 13.0 Å². The van der Waals surface area contributed by atoms with Crippen molar-refractivity contribution in [1.29, 1.82) is 0 Å². The number of halogens is 1. The van der Waals surface area contributed by atoms with Gasteiger partial charge in [-0.25, -0.2) is 4.39 Å². The first-order valence-electron chi connectivity index (χ1n) is 4.48. The highest BCUT2D eigenvalue weighted by Crippen LogP contribution is 2.05. The molecule has 1 aliphatic rings. The number of allylic oxidation sites excluding steroid dienone is 4. The Labute approximate surface area is 74.1 Å². The highest BCUT2D eigenvalue weighted by atomic mass is 19.1. The predicted molar refractivity (Wildman–Crippen MR) is 51.8 cm³/mol. The van der Waals surface area contributed by atoms with Gasteiger partial charge in [-0.3, -0.25) is 0 Å². The second-order valence-electron chi connectivity index (χ2n) is 2.71. The molecular weight excluding hydrogens is 153 g/mol. The van der Waals surface area contributed by atoms with Crippen LogP contribution in [0.1, 0.15) is 26.2 Å². The van der Waals surface area contributed by atoms with E-state index < -0.39 is 6.17 Å². The quantitative estimate of drug-likeness (QED) is 0.679. The van der Waals surface area contributed by atoms with Crippen LogP contribution in [0.5, 0.6) is 0 Å². The van der Waals surface area contributed by atoms with Crippen LogP contribution in [0.3, 0.4) is 0 Å². The summed E-state index contributed by atoms with van der Waals surface area (Å²) in [6, 6.07) is 0. The molecule has 1 unspecified atom stereocenters. The zero-order valence-corrected chi connectivity index (χ0v) is 7.67. The third-order valence-corrected chi connectivity index (χ3v) is 1.49. The van der Waals surface area contributed by atoms with Crippen molar-refractivity contribution in [2.45, 2.75) is 32.4 Å². The topological polar surface area (TPSA) is 26.0 Å². The predicted octanol–water partition coefficient (Wildman–Crippen LogP) is 2.59. The standard InChI is InChI=1S/C6H7F.C4H11N/c7-6-4-2-1-3-5-6;1-2-3-4-5/h1-4,6H,5H2;2-5H2,1H3. The van der Waals surface area contributed by atoms with E-state index in [1.54, 1.807) is 12.2 Å². The fraction of sp³-hybridized carbons (Fsp3) is 0.600. The SMILES string of the molecule is CCCCN.FC1C=CC=CC1. The Bertz CT molecular complexity index is 139. The van der Waals surface area contributed by atoms with E-state index in [0.717, 1.165) is 6.54 Å². The number of unbranched alkanes of at least 4 members (excludes halogenated alkanes) is 1. The van der Waals surface area contributed by atoms with E-state index in [9.17, 15) is 4.39 Å². The number of hydrogen-bond acceptors (Lipinski definition) is 1. The maximum absolute atomic E-state index is 12.0. The van der Waals surface area contributed by atoms with Crippen molar-refractivity contribution in [1.82, 2.24) is 0 Å². The molecule has 0 saturated heterocycles. The van der Waals surface area contributed by atoms with Crippen LogP contribution in [0.25, 0.3) is 0 Å². The van der Waals surface area contributed by atoms with Gasteiger partial charge >= 0.3 is 0 Å². The lowest BCUT2D eigenvalue weighted by molar-refractivity contribution is 0.401. The molecule has 0 bridgehead atoms. The van der Waals surface area contributed by atoms with Crippen molar-refractivity contribution in [2.24, 2.45) is 5.73 Å². The third kappa shape index (κ3) is 7.48. The Morgan fingerprint density at radius 1 is 1.50 bits per heavy atom. The molecule has 1 atom stereocenters. The minimum atomic E-state index is -0.731. The lowest BCUT2D eigenvalue weighted by Crippen LogP contribution is -1.95. The van der Waals surface area contributed by atoms with Gasteiger partial charge < -0.3 is 5.73 Å². The Morgan fingerprint density at radius 3 is 2.42 bits per heavy atom. The minimum absolute atomic E-state index is 0.552. The van der Waals surface area contributed by atoms with Crippen molar-refractivity contribution >= 4 is 0 Å².